The Balaban J connectivity index is 3.06. The van der Waals surface area contributed by atoms with Gasteiger partial charge in [0, 0.05) is 4.90 Å². The van der Waals surface area contributed by atoms with Gasteiger partial charge in [0.05, 0.1) is 0 Å². The minimum Gasteiger partial charge on any atom is -0.130 e. The third kappa shape index (κ3) is 1.77. The summed E-state index contributed by atoms with van der Waals surface area (Å²) >= 11 is 1.78. The van der Waals surface area contributed by atoms with E-state index in [1.54, 1.807) is 11.8 Å². The van der Waals surface area contributed by atoms with Gasteiger partial charge in [0.1, 0.15) is 0 Å². The van der Waals surface area contributed by atoms with Gasteiger partial charge in [-0.15, -0.1) is 11.8 Å². The molecule has 0 amide bonds. The summed E-state index contributed by atoms with van der Waals surface area (Å²) < 4.78 is 0. The van der Waals surface area contributed by atoms with E-state index in [0.717, 1.165) is 0 Å². The smallest absolute Gasteiger partial charge is 0.00748 e. The molecule has 0 heterocycles. The van der Waals surface area contributed by atoms with Gasteiger partial charge in [-0.2, -0.15) is 0 Å². The molecule has 1 rings (SSSR count). The summed E-state index contributed by atoms with van der Waals surface area (Å²) in [5.41, 5.74) is 2.45. The Labute approximate surface area is 66.6 Å². The highest BCUT2D eigenvalue weighted by Gasteiger charge is 1.92. The molecule has 0 fully saturated rings. The van der Waals surface area contributed by atoms with E-state index in [1.165, 1.54) is 16.0 Å². The first-order valence-corrected chi connectivity index (χ1v) is 4.49. The zero-order valence-electron chi connectivity index (χ0n) is 6.56. The number of hydrogen-bond donors (Lipinski definition) is 0. The molecule has 0 atom stereocenters. The summed E-state index contributed by atoms with van der Waals surface area (Å²) in [6.45, 7) is 4.15. The van der Waals surface area contributed by atoms with E-state index in [1.807, 2.05) is 0 Å². The van der Waals surface area contributed by atoms with Crippen LogP contribution in [-0.2, 0) is 0 Å². The summed E-state index contributed by atoms with van der Waals surface area (Å²) in [6.07, 6.45) is 2.09. The van der Waals surface area contributed by atoms with Crippen molar-refractivity contribution in [3.63, 3.8) is 0 Å². The predicted octanol–water partition coefficient (Wildman–Crippen LogP) is 2.83. The third-order valence-corrected chi connectivity index (χ3v) is 2.05. The number of hydrogen-bond acceptors (Lipinski definition) is 1. The first-order chi connectivity index (χ1) is 4.72. The Morgan fingerprint density at radius 1 is 1.20 bits per heavy atom. The zero-order chi connectivity index (χ0) is 7.56. The van der Waals surface area contributed by atoms with Crippen LogP contribution in [0.25, 0.3) is 0 Å². The highest BCUT2D eigenvalue weighted by molar-refractivity contribution is 7.98. The lowest BCUT2D eigenvalue weighted by atomic mass is 10.2. The highest BCUT2D eigenvalue weighted by Crippen LogP contribution is 2.17. The van der Waals surface area contributed by atoms with Crippen molar-refractivity contribution in [3.8, 4) is 0 Å². The van der Waals surface area contributed by atoms with Gasteiger partial charge in [-0.05, 0) is 49.4 Å². The van der Waals surface area contributed by atoms with Crippen molar-refractivity contribution < 1.29 is 0 Å². The maximum Gasteiger partial charge on any atom is 0.00748 e. The Morgan fingerprint density at radius 3 is 2.10 bits per heavy atom. The number of benzene rings is 1. The van der Waals surface area contributed by atoms with Crippen molar-refractivity contribution in [2.24, 2.45) is 0 Å². The second-order valence-electron chi connectivity index (χ2n) is 2.39. The summed E-state index contributed by atoms with van der Waals surface area (Å²) in [5, 5.41) is 0. The fraction of sp³-hybridized carbons (Fsp3) is 0.333. The maximum absolute atomic E-state index is 3.23. The maximum atomic E-state index is 3.23. The van der Waals surface area contributed by atoms with Gasteiger partial charge < -0.3 is 0 Å². The lowest BCUT2D eigenvalue weighted by Crippen LogP contribution is -1.78. The minimum atomic E-state index is 1.23. The Bertz CT molecular complexity index is 208. The number of rotatable bonds is 1. The van der Waals surface area contributed by atoms with Gasteiger partial charge >= 0.3 is 0 Å². The summed E-state index contributed by atoms with van der Waals surface area (Å²) in [5.74, 6) is 0. The SMILES string of the molecule is CSc1cc(C)[c]c(C)c1. The molecule has 1 aromatic rings. The summed E-state index contributed by atoms with van der Waals surface area (Å²) in [7, 11) is 0. The molecule has 0 aromatic heterocycles. The normalized spacial score (nSPS) is 9.90. The predicted molar refractivity (Wildman–Crippen MR) is 46.5 cm³/mol. The minimum absolute atomic E-state index is 1.23. The molecule has 0 spiro atoms. The molecule has 0 unspecified atom stereocenters. The van der Waals surface area contributed by atoms with Crippen molar-refractivity contribution in [1.82, 2.24) is 0 Å². The zero-order valence-corrected chi connectivity index (χ0v) is 7.38. The average Bonchev–Trinajstić information content (AvgIpc) is 1.85. The largest absolute Gasteiger partial charge is 0.130 e. The molecule has 10 heavy (non-hydrogen) atoms. The van der Waals surface area contributed by atoms with Gasteiger partial charge in [0.25, 0.3) is 0 Å². The second-order valence-corrected chi connectivity index (χ2v) is 3.27. The molecule has 0 saturated carbocycles. The number of aryl methyl sites for hydroxylation is 2. The summed E-state index contributed by atoms with van der Waals surface area (Å²) in [6, 6.07) is 7.53. The van der Waals surface area contributed by atoms with Crippen LogP contribution in [0, 0.1) is 19.9 Å². The Morgan fingerprint density at radius 2 is 1.70 bits per heavy atom. The molecule has 1 heteroatoms. The van der Waals surface area contributed by atoms with Crippen molar-refractivity contribution in [3.05, 3.63) is 29.3 Å². The fourth-order valence-electron chi connectivity index (χ4n) is 0.969. The topological polar surface area (TPSA) is 0 Å². The molecular formula is C9H11S. The van der Waals surface area contributed by atoms with Crippen LogP contribution in [0.15, 0.2) is 17.0 Å². The van der Waals surface area contributed by atoms with Crippen molar-refractivity contribution in [1.29, 1.82) is 0 Å². The van der Waals surface area contributed by atoms with Gasteiger partial charge in [0.2, 0.25) is 0 Å². The summed E-state index contributed by atoms with van der Waals surface area (Å²) in [4.78, 5) is 1.33. The Hall–Kier alpha value is -0.430. The van der Waals surface area contributed by atoms with E-state index in [-0.39, 0.29) is 0 Å². The average molecular weight is 151 g/mol. The lowest BCUT2D eigenvalue weighted by Gasteiger charge is -1.99. The van der Waals surface area contributed by atoms with Crippen LogP contribution >= 0.6 is 11.8 Å². The van der Waals surface area contributed by atoms with Crippen LogP contribution in [0.1, 0.15) is 11.1 Å². The van der Waals surface area contributed by atoms with Gasteiger partial charge in [0.15, 0.2) is 0 Å². The molecule has 0 saturated heterocycles. The highest BCUT2D eigenvalue weighted by atomic mass is 32.2. The fourth-order valence-corrected chi connectivity index (χ4v) is 1.56. The van der Waals surface area contributed by atoms with Crippen LogP contribution < -0.4 is 0 Å². The van der Waals surface area contributed by atoms with E-state index in [4.69, 9.17) is 0 Å². The van der Waals surface area contributed by atoms with Crippen molar-refractivity contribution in [2.45, 2.75) is 18.7 Å². The van der Waals surface area contributed by atoms with E-state index >= 15 is 0 Å². The van der Waals surface area contributed by atoms with Gasteiger partial charge in [-0.3, -0.25) is 0 Å². The first-order valence-electron chi connectivity index (χ1n) is 3.27. The second kappa shape index (κ2) is 3.11. The van der Waals surface area contributed by atoms with E-state index in [2.05, 4.69) is 38.3 Å². The van der Waals surface area contributed by atoms with Crippen LogP contribution in [0.3, 0.4) is 0 Å². The van der Waals surface area contributed by atoms with E-state index in [0.29, 0.717) is 0 Å². The molecule has 0 nitrogen and oxygen atoms in total. The van der Waals surface area contributed by atoms with E-state index in [9.17, 15) is 0 Å². The van der Waals surface area contributed by atoms with Crippen LogP contribution in [0.5, 0.6) is 0 Å². The molecule has 53 valence electrons. The quantitative estimate of drug-likeness (QED) is 0.556. The van der Waals surface area contributed by atoms with Crippen LogP contribution in [0.4, 0.5) is 0 Å². The third-order valence-electron chi connectivity index (χ3n) is 1.35. The first kappa shape index (κ1) is 7.67. The molecule has 1 radical (unpaired) electrons. The van der Waals surface area contributed by atoms with Gasteiger partial charge in [-0.25, -0.2) is 0 Å². The lowest BCUT2D eigenvalue weighted by molar-refractivity contribution is 1.29. The molecule has 0 N–H and O–H groups in total. The molecule has 0 aliphatic rings. The van der Waals surface area contributed by atoms with Crippen LogP contribution in [-0.4, -0.2) is 6.26 Å². The standard InChI is InChI=1S/C9H11S/c1-7-4-8(2)6-9(5-7)10-3/h5-6H,1-3H3. The van der Waals surface area contributed by atoms with Gasteiger partial charge in [-0.1, -0.05) is 0 Å². The van der Waals surface area contributed by atoms with Crippen molar-refractivity contribution in [2.75, 3.05) is 6.26 Å². The van der Waals surface area contributed by atoms with E-state index < -0.39 is 0 Å². The number of thioether (sulfide) groups is 1. The molecule has 0 bridgehead atoms. The Kier molecular flexibility index (Phi) is 2.39. The van der Waals surface area contributed by atoms with Crippen LogP contribution in [0.2, 0.25) is 0 Å². The monoisotopic (exact) mass is 151 g/mol. The molecular weight excluding hydrogens is 140 g/mol. The van der Waals surface area contributed by atoms with Crippen molar-refractivity contribution >= 4 is 11.8 Å². The molecule has 1 aromatic carbocycles. The molecule has 0 aliphatic carbocycles. The molecule has 0 aliphatic heterocycles.